The minimum atomic E-state index is -2.98. The van der Waals surface area contributed by atoms with Crippen molar-refractivity contribution in [3.05, 3.63) is 35.4 Å². The molecule has 0 aliphatic carbocycles. The van der Waals surface area contributed by atoms with Crippen molar-refractivity contribution in [1.82, 2.24) is 0 Å². The van der Waals surface area contributed by atoms with E-state index < -0.39 is 9.84 Å². The van der Waals surface area contributed by atoms with Gasteiger partial charge in [-0.2, -0.15) is 0 Å². The van der Waals surface area contributed by atoms with Crippen molar-refractivity contribution in [1.29, 1.82) is 0 Å². The summed E-state index contributed by atoms with van der Waals surface area (Å²) in [7, 11) is -2.98. The van der Waals surface area contributed by atoms with Crippen LogP contribution in [0.5, 0.6) is 0 Å². The average Bonchev–Trinajstić information content (AvgIpc) is 2.58. The molecule has 2 rings (SSSR count). The lowest BCUT2D eigenvalue weighted by molar-refractivity contribution is 0.0933. The summed E-state index contributed by atoms with van der Waals surface area (Å²) in [5, 5.41) is 0. The third-order valence-corrected chi connectivity index (χ3v) is 4.67. The normalized spacial score (nSPS) is 23.2. The molecule has 0 amide bonds. The van der Waals surface area contributed by atoms with E-state index in [-0.39, 0.29) is 23.2 Å². The van der Waals surface area contributed by atoms with Crippen molar-refractivity contribution in [2.45, 2.75) is 13.3 Å². The van der Waals surface area contributed by atoms with Crippen LogP contribution in [-0.4, -0.2) is 25.7 Å². The second kappa shape index (κ2) is 4.01. The topological polar surface area (TPSA) is 51.2 Å². The molecule has 16 heavy (non-hydrogen) atoms. The fourth-order valence-corrected chi connectivity index (χ4v) is 3.78. The highest BCUT2D eigenvalue weighted by molar-refractivity contribution is 7.91. The van der Waals surface area contributed by atoms with Gasteiger partial charge in [0.2, 0.25) is 0 Å². The minimum Gasteiger partial charge on any atom is -0.294 e. The van der Waals surface area contributed by atoms with Crippen LogP contribution in [0.2, 0.25) is 0 Å². The van der Waals surface area contributed by atoms with Crippen LogP contribution in [-0.2, 0) is 9.84 Å². The van der Waals surface area contributed by atoms with E-state index in [9.17, 15) is 13.2 Å². The van der Waals surface area contributed by atoms with Gasteiger partial charge in [0.25, 0.3) is 0 Å². The van der Waals surface area contributed by atoms with Gasteiger partial charge >= 0.3 is 0 Å². The van der Waals surface area contributed by atoms with E-state index in [0.717, 1.165) is 5.56 Å². The Balaban J connectivity index is 2.21. The number of carbonyl (C=O) groups is 1. The average molecular weight is 238 g/mol. The van der Waals surface area contributed by atoms with E-state index >= 15 is 0 Å². The van der Waals surface area contributed by atoms with Crippen LogP contribution in [0.25, 0.3) is 0 Å². The van der Waals surface area contributed by atoms with E-state index in [0.29, 0.717) is 12.0 Å². The molecule has 0 N–H and O–H groups in total. The number of benzene rings is 1. The predicted octanol–water partition coefficient (Wildman–Crippen LogP) is 1.61. The van der Waals surface area contributed by atoms with E-state index in [1.54, 1.807) is 6.07 Å². The molecule has 1 aromatic carbocycles. The number of hydrogen-bond acceptors (Lipinski definition) is 3. The van der Waals surface area contributed by atoms with E-state index in [4.69, 9.17) is 0 Å². The molecule has 0 aromatic heterocycles. The molecular weight excluding hydrogens is 224 g/mol. The molecule has 0 bridgehead atoms. The quantitative estimate of drug-likeness (QED) is 0.735. The Hall–Kier alpha value is -1.16. The molecule has 1 aromatic rings. The number of Topliss-reactive ketones (excluding diaryl/α,β-unsaturated/α-hetero) is 1. The molecule has 1 heterocycles. The first-order valence-electron chi connectivity index (χ1n) is 5.29. The highest BCUT2D eigenvalue weighted by atomic mass is 32.2. The van der Waals surface area contributed by atoms with Crippen LogP contribution in [0.3, 0.4) is 0 Å². The fourth-order valence-electron chi connectivity index (χ4n) is 2.04. The Labute approximate surface area is 95.4 Å². The summed E-state index contributed by atoms with van der Waals surface area (Å²) in [5.74, 6) is -0.216. The first-order chi connectivity index (χ1) is 7.48. The second-order valence-electron chi connectivity index (χ2n) is 4.33. The Kier molecular flexibility index (Phi) is 2.84. The number of aryl methyl sites for hydroxylation is 1. The number of rotatable bonds is 2. The van der Waals surface area contributed by atoms with Gasteiger partial charge in [0.15, 0.2) is 15.6 Å². The van der Waals surface area contributed by atoms with Crippen molar-refractivity contribution < 1.29 is 13.2 Å². The second-order valence-corrected chi connectivity index (χ2v) is 6.56. The molecule has 1 aliphatic heterocycles. The maximum absolute atomic E-state index is 12.0. The smallest absolute Gasteiger partial charge is 0.166 e. The van der Waals surface area contributed by atoms with Gasteiger partial charge in [-0.15, -0.1) is 0 Å². The molecule has 86 valence electrons. The third kappa shape index (κ3) is 2.32. The van der Waals surface area contributed by atoms with Crippen LogP contribution in [0, 0.1) is 12.8 Å². The summed E-state index contributed by atoms with van der Waals surface area (Å²) in [6, 6.07) is 7.31. The van der Waals surface area contributed by atoms with Gasteiger partial charge in [0.05, 0.1) is 11.5 Å². The third-order valence-electron chi connectivity index (χ3n) is 2.91. The largest absolute Gasteiger partial charge is 0.294 e. The lowest BCUT2D eigenvalue weighted by Gasteiger charge is -2.06. The van der Waals surface area contributed by atoms with Gasteiger partial charge in [-0.05, 0) is 19.4 Å². The fraction of sp³-hybridized carbons (Fsp3) is 0.417. The van der Waals surface area contributed by atoms with Crippen LogP contribution >= 0.6 is 0 Å². The zero-order valence-electron chi connectivity index (χ0n) is 9.14. The van der Waals surface area contributed by atoms with Gasteiger partial charge in [0.1, 0.15) is 0 Å². The lowest BCUT2D eigenvalue weighted by atomic mass is 9.96. The lowest BCUT2D eigenvalue weighted by Crippen LogP contribution is -2.16. The van der Waals surface area contributed by atoms with Crippen LogP contribution in [0.4, 0.5) is 0 Å². The summed E-state index contributed by atoms with van der Waals surface area (Å²) in [5.41, 5.74) is 1.65. The molecule has 3 nitrogen and oxygen atoms in total. The molecule has 0 saturated carbocycles. The maximum atomic E-state index is 12.0. The number of hydrogen-bond donors (Lipinski definition) is 0. The molecule has 1 fully saturated rings. The number of sulfone groups is 1. The van der Waals surface area contributed by atoms with E-state index in [2.05, 4.69) is 0 Å². The maximum Gasteiger partial charge on any atom is 0.166 e. The van der Waals surface area contributed by atoms with Crippen LogP contribution < -0.4 is 0 Å². The van der Waals surface area contributed by atoms with Crippen molar-refractivity contribution in [2.75, 3.05) is 11.5 Å². The summed E-state index contributed by atoms with van der Waals surface area (Å²) in [4.78, 5) is 12.0. The Bertz CT molecular complexity index is 517. The molecule has 0 spiro atoms. The summed E-state index contributed by atoms with van der Waals surface area (Å²) in [6.45, 7) is 1.92. The van der Waals surface area contributed by atoms with Gasteiger partial charge in [-0.25, -0.2) is 8.42 Å². The van der Waals surface area contributed by atoms with Crippen molar-refractivity contribution >= 4 is 15.6 Å². The molecule has 4 heteroatoms. The number of carbonyl (C=O) groups excluding carboxylic acids is 1. The van der Waals surface area contributed by atoms with Gasteiger partial charge in [0, 0.05) is 11.5 Å². The predicted molar refractivity (Wildman–Crippen MR) is 62.3 cm³/mol. The van der Waals surface area contributed by atoms with Crippen LogP contribution in [0.15, 0.2) is 24.3 Å². The monoisotopic (exact) mass is 238 g/mol. The Morgan fingerprint density at radius 2 is 2.12 bits per heavy atom. The van der Waals surface area contributed by atoms with Gasteiger partial charge < -0.3 is 0 Å². The van der Waals surface area contributed by atoms with Crippen molar-refractivity contribution in [3.63, 3.8) is 0 Å². The molecule has 1 unspecified atom stereocenters. The first-order valence-corrected chi connectivity index (χ1v) is 7.11. The van der Waals surface area contributed by atoms with E-state index in [1.165, 1.54) is 0 Å². The van der Waals surface area contributed by atoms with Gasteiger partial charge in [-0.3, -0.25) is 4.79 Å². The van der Waals surface area contributed by atoms with Crippen molar-refractivity contribution in [2.24, 2.45) is 5.92 Å². The standard InChI is InChI=1S/C12H14O3S/c1-9-3-2-4-10(7-9)12(13)11-5-6-16(14,15)8-11/h2-4,7,11H,5-6,8H2,1H3. The highest BCUT2D eigenvalue weighted by Gasteiger charge is 2.33. The van der Waals surface area contributed by atoms with Crippen LogP contribution in [0.1, 0.15) is 22.3 Å². The molecule has 1 atom stereocenters. The van der Waals surface area contributed by atoms with Gasteiger partial charge in [-0.1, -0.05) is 23.8 Å². The Morgan fingerprint density at radius 1 is 1.38 bits per heavy atom. The summed E-state index contributed by atoms with van der Waals surface area (Å²) >= 11 is 0. The molecule has 1 saturated heterocycles. The zero-order valence-corrected chi connectivity index (χ0v) is 9.96. The number of ketones is 1. The first kappa shape index (κ1) is 11.3. The zero-order chi connectivity index (χ0) is 11.8. The van der Waals surface area contributed by atoms with Crippen molar-refractivity contribution in [3.8, 4) is 0 Å². The molecule has 1 aliphatic rings. The molecule has 0 radical (unpaired) electrons. The summed E-state index contributed by atoms with van der Waals surface area (Å²) < 4.78 is 22.6. The highest BCUT2D eigenvalue weighted by Crippen LogP contribution is 2.22. The minimum absolute atomic E-state index is 0.0137. The van der Waals surface area contributed by atoms with E-state index in [1.807, 2.05) is 25.1 Å². The Morgan fingerprint density at radius 3 is 2.69 bits per heavy atom. The molecular formula is C12H14O3S. The summed E-state index contributed by atoms with van der Waals surface area (Å²) in [6.07, 6.45) is 0.467. The SMILES string of the molecule is Cc1cccc(C(=O)C2CCS(=O)(=O)C2)c1.